The molecule has 8 nitrogen and oxygen atoms in total. The fourth-order valence-corrected chi connectivity index (χ4v) is 3.75. The first kappa shape index (κ1) is 12.5. The molecule has 1 heterocycles. The lowest BCUT2D eigenvalue weighted by Gasteiger charge is -2.25. The lowest BCUT2D eigenvalue weighted by molar-refractivity contribution is -0.152. The highest BCUT2D eigenvalue weighted by atomic mass is 31.2. The Hall–Kier alpha value is -0.950. The highest BCUT2D eigenvalue weighted by Crippen LogP contribution is 2.62. The highest BCUT2D eigenvalue weighted by Gasteiger charge is 2.74. The normalized spacial score (nSPS) is 39.8. The van der Waals surface area contributed by atoms with Gasteiger partial charge in [0.2, 0.25) is 0 Å². The number of carbonyl (C=O) groups is 2. The number of hydrogen-bond acceptors (Lipinski definition) is 4. The second-order valence-electron chi connectivity index (χ2n) is 4.45. The van der Waals surface area contributed by atoms with Crippen molar-refractivity contribution in [1.29, 1.82) is 0 Å². The maximum Gasteiger partial charge on any atom is 0.326 e. The van der Waals surface area contributed by atoms with Gasteiger partial charge in [-0.3, -0.25) is 14.2 Å². The van der Waals surface area contributed by atoms with Crippen LogP contribution in [-0.4, -0.2) is 50.8 Å². The molecule has 2 fully saturated rings. The summed E-state index contributed by atoms with van der Waals surface area (Å²) < 4.78 is 16.0. The molecule has 17 heavy (non-hydrogen) atoms. The van der Waals surface area contributed by atoms with E-state index in [0.717, 1.165) is 0 Å². The molecule has 0 aromatic heterocycles. The summed E-state index contributed by atoms with van der Waals surface area (Å²) in [5.74, 6) is -4.45. The Morgan fingerprint density at radius 3 is 2.29 bits per heavy atom. The van der Waals surface area contributed by atoms with Gasteiger partial charge in [-0.1, -0.05) is 0 Å². The van der Waals surface area contributed by atoms with Gasteiger partial charge in [0.1, 0.15) is 5.41 Å². The summed E-state index contributed by atoms with van der Waals surface area (Å²) in [4.78, 5) is 39.8. The average molecular weight is 266 g/mol. The van der Waals surface area contributed by atoms with E-state index in [1.165, 1.54) is 0 Å². The van der Waals surface area contributed by atoms with Crippen molar-refractivity contribution in [3.63, 3.8) is 0 Å². The quantitative estimate of drug-likeness (QED) is 0.473. The van der Waals surface area contributed by atoms with Crippen molar-refractivity contribution in [2.75, 3.05) is 12.8 Å². The van der Waals surface area contributed by atoms with E-state index in [-0.39, 0.29) is 6.61 Å². The van der Waals surface area contributed by atoms with E-state index in [1.54, 1.807) is 0 Å². The standard InChI is InChI=1S/C8H11O8P/c9-6(10)3-4-5(3)16-1-8(4,7(11)12)2-17(13,14)15/h3-5H,1-2H2,(H,9,10)(H,11,12)(H2,13,14,15). The fourth-order valence-electron chi connectivity index (χ4n) is 2.57. The van der Waals surface area contributed by atoms with Gasteiger partial charge in [0.15, 0.2) is 0 Å². The third-order valence-electron chi connectivity index (χ3n) is 3.32. The molecule has 1 saturated carbocycles. The van der Waals surface area contributed by atoms with Crippen LogP contribution >= 0.6 is 7.60 Å². The highest BCUT2D eigenvalue weighted by molar-refractivity contribution is 7.51. The summed E-state index contributed by atoms with van der Waals surface area (Å²) in [7, 11) is -4.56. The number of rotatable bonds is 4. The van der Waals surface area contributed by atoms with Crippen LogP contribution in [0.1, 0.15) is 0 Å². The molecule has 0 radical (unpaired) electrons. The van der Waals surface area contributed by atoms with Crippen molar-refractivity contribution in [3.8, 4) is 0 Å². The van der Waals surface area contributed by atoms with Gasteiger partial charge in [0.25, 0.3) is 0 Å². The minimum Gasteiger partial charge on any atom is -0.481 e. The summed E-state index contributed by atoms with van der Waals surface area (Å²) in [6, 6.07) is 0. The number of carboxylic acid groups (broad SMARTS) is 2. The monoisotopic (exact) mass is 266 g/mol. The van der Waals surface area contributed by atoms with E-state index >= 15 is 0 Å². The number of ether oxygens (including phenoxy) is 1. The molecule has 96 valence electrons. The fraction of sp³-hybridized carbons (Fsp3) is 0.750. The zero-order valence-electron chi connectivity index (χ0n) is 8.52. The Bertz CT molecular complexity index is 427. The molecule has 1 aliphatic carbocycles. The van der Waals surface area contributed by atoms with Crippen LogP contribution < -0.4 is 0 Å². The van der Waals surface area contributed by atoms with Gasteiger partial charge >= 0.3 is 19.5 Å². The van der Waals surface area contributed by atoms with Gasteiger partial charge in [-0.2, -0.15) is 0 Å². The summed E-state index contributed by atoms with van der Waals surface area (Å²) in [6.07, 6.45) is -1.63. The van der Waals surface area contributed by atoms with E-state index in [1.807, 2.05) is 0 Å². The van der Waals surface area contributed by atoms with Crippen LogP contribution in [0.3, 0.4) is 0 Å². The maximum absolute atomic E-state index is 11.2. The Labute approximate surface area is 95.4 Å². The molecule has 0 amide bonds. The molecule has 0 aromatic carbocycles. The SMILES string of the molecule is O=C(O)C1C2OCC(CP(=O)(O)O)(C(=O)O)C21. The van der Waals surface area contributed by atoms with Crippen molar-refractivity contribution in [1.82, 2.24) is 0 Å². The van der Waals surface area contributed by atoms with Gasteiger partial charge in [-0.05, 0) is 0 Å². The van der Waals surface area contributed by atoms with Crippen LogP contribution in [0.15, 0.2) is 0 Å². The number of hydrogen-bond donors (Lipinski definition) is 4. The summed E-state index contributed by atoms with van der Waals surface area (Å²) in [5, 5.41) is 17.9. The second kappa shape index (κ2) is 3.52. The minimum atomic E-state index is -4.56. The zero-order chi connectivity index (χ0) is 13.0. The summed E-state index contributed by atoms with van der Waals surface area (Å²) >= 11 is 0. The van der Waals surface area contributed by atoms with E-state index in [4.69, 9.17) is 24.7 Å². The first-order chi connectivity index (χ1) is 7.69. The van der Waals surface area contributed by atoms with E-state index in [9.17, 15) is 14.2 Å². The van der Waals surface area contributed by atoms with Crippen LogP contribution in [0, 0.1) is 17.3 Å². The lowest BCUT2D eigenvalue weighted by atomic mass is 9.85. The van der Waals surface area contributed by atoms with Crippen LogP contribution in [-0.2, 0) is 18.9 Å². The predicted molar refractivity (Wildman–Crippen MR) is 51.3 cm³/mol. The molecule has 4 unspecified atom stereocenters. The van der Waals surface area contributed by atoms with Crippen molar-refractivity contribution in [3.05, 3.63) is 0 Å². The molecular formula is C8H11O8P. The third-order valence-corrected chi connectivity index (χ3v) is 4.30. The van der Waals surface area contributed by atoms with Crippen molar-refractivity contribution in [2.24, 2.45) is 17.3 Å². The predicted octanol–water partition coefficient (Wildman–Crippen LogP) is -1.04. The van der Waals surface area contributed by atoms with Crippen molar-refractivity contribution in [2.45, 2.75) is 6.10 Å². The van der Waals surface area contributed by atoms with Crippen molar-refractivity contribution >= 4 is 19.5 Å². The third kappa shape index (κ3) is 1.87. The Morgan fingerprint density at radius 2 is 1.94 bits per heavy atom. The second-order valence-corrected chi connectivity index (χ2v) is 6.10. The van der Waals surface area contributed by atoms with Crippen LogP contribution in [0.25, 0.3) is 0 Å². The molecule has 9 heteroatoms. The first-order valence-electron chi connectivity index (χ1n) is 4.81. The topological polar surface area (TPSA) is 141 Å². The number of carboxylic acids is 2. The molecule has 4 N–H and O–H groups in total. The summed E-state index contributed by atoms with van der Waals surface area (Å²) in [6.45, 7) is -0.355. The summed E-state index contributed by atoms with van der Waals surface area (Å²) in [5.41, 5.74) is -1.78. The lowest BCUT2D eigenvalue weighted by Crippen LogP contribution is -2.40. The largest absolute Gasteiger partial charge is 0.481 e. The molecular weight excluding hydrogens is 255 g/mol. The molecule has 0 spiro atoms. The van der Waals surface area contributed by atoms with Crippen molar-refractivity contribution < 1.29 is 38.9 Å². The Balaban J connectivity index is 2.29. The van der Waals surface area contributed by atoms with E-state index < -0.39 is 49.1 Å². The van der Waals surface area contributed by atoms with Crippen LogP contribution in [0.4, 0.5) is 0 Å². The minimum absolute atomic E-state index is 0.355. The molecule has 4 atom stereocenters. The van der Waals surface area contributed by atoms with E-state index in [2.05, 4.69) is 0 Å². The molecule has 0 bridgehead atoms. The molecule has 1 saturated heterocycles. The molecule has 2 rings (SSSR count). The van der Waals surface area contributed by atoms with Gasteiger partial charge in [0.05, 0.1) is 24.8 Å². The van der Waals surface area contributed by atoms with Gasteiger partial charge in [-0.15, -0.1) is 0 Å². The van der Waals surface area contributed by atoms with Gasteiger partial charge in [-0.25, -0.2) is 0 Å². The van der Waals surface area contributed by atoms with E-state index in [0.29, 0.717) is 0 Å². The van der Waals surface area contributed by atoms with Crippen LogP contribution in [0.2, 0.25) is 0 Å². The van der Waals surface area contributed by atoms with Crippen LogP contribution in [0.5, 0.6) is 0 Å². The van der Waals surface area contributed by atoms with Gasteiger partial charge < -0.3 is 24.7 Å². The van der Waals surface area contributed by atoms with Gasteiger partial charge in [0, 0.05) is 5.92 Å². The zero-order valence-corrected chi connectivity index (χ0v) is 9.41. The Morgan fingerprint density at radius 1 is 1.35 bits per heavy atom. The maximum atomic E-state index is 11.2. The Kier molecular flexibility index (Phi) is 2.59. The molecule has 0 aromatic rings. The molecule has 1 aliphatic heterocycles. The average Bonchev–Trinajstić information content (AvgIpc) is 2.76. The molecule has 2 aliphatic rings. The smallest absolute Gasteiger partial charge is 0.326 e. The first-order valence-corrected chi connectivity index (χ1v) is 6.61. The number of aliphatic carboxylic acids is 2. The number of fused-ring (bicyclic) bond motifs is 1.